The van der Waals surface area contributed by atoms with Crippen LogP contribution in [-0.4, -0.2) is 29.0 Å². The smallest absolute Gasteiger partial charge is 0.224 e. The van der Waals surface area contributed by atoms with E-state index in [0.717, 1.165) is 34.1 Å². The van der Waals surface area contributed by atoms with Crippen molar-refractivity contribution in [3.63, 3.8) is 0 Å². The molecule has 31 heavy (non-hydrogen) atoms. The number of aryl methyl sites for hydroxylation is 1. The number of carbonyl (C=O) groups excluding carboxylic acids is 1. The van der Waals surface area contributed by atoms with E-state index in [-0.39, 0.29) is 5.91 Å². The number of ether oxygens (including phenoxy) is 2. The molecule has 2 aromatic carbocycles. The van der Waals surface area contributed by atoms with Crippen LogP contribution in [-0.2, 0) is 4.79 Å². The van der Waals surface area contributed by atoms with Gasteiger partial charge in [0, 0.05) is 30.1 Å². The Labute approximate surface area is 181 Å². The fraction of sp³-hybridized carbons (Fsp3) is 0.200. The Morgan fingerprint density at radius 1 is 1.03 bits per heavy atom. The summed E-state index contributed by atoms with van der Waals surface area (Å²) in [6, 6.07) is 19.2. The Hall–Kier alpha value is -3.80. The number of aromatic nitrogens is 2. The first-order valence-electron chi connectivity index (χ1n) is 10.2. The molecule has 1 N–H and O–H groups in total. The first kappa shape index (κ1) is 20.5. The molecule has 4 rings (SSSR count). The van der Waals surface area contributed by atoms with E-state index in [1.165, 1.54) is 5.56 Å². The van der Waals surface area contributed by atoms with E-state index in [4.69, 9.17) is 9.47 Å². The number of imidazole rings is 1. The Bertz CT molecular complexity index is 1180. The summed E-state index contributed by atoms with van der Waals surface area (Å²) in [6.45, 7) is 2.53. The van der Waals surface area contributed by atoms with Gasteiger partial charge in [-0.2, -0.15) is 0 Å². The van der Waals surface area contributed by atoms with Crippen LogP contribution < -0.4 is 14.8 Å². The van der Waals surface area contributed by atoms with Gasteiger partial charge in [-0.25, -0.2) is 4.98 Å². The molecule has 0 atom stereocenters. The molecule has 0 saturated carbocycles. The van der Waals surface area contributed by atoms with Gasteiger partial charge in [0.25, 0.3) is 0 Å². The highest BCUT2D eigenvalue weighted by atomic mass is 16.5. The number of anilines is 1. The first-order valence-corrected chi connectivity index (χ1v) is 10.2. The summed E-state index contributed by atoms with van der Waals surface area (Å²) < 4.78 is 12.8. The number of fused-ring (bicyclic) bond motifs is 1. The van der Waals surface area contributed by atoms with Gasteiger partial charge in [0.05, 0.1) is 19.4 Å². The number of nitrogens with zero attached hydrogens (tertiary/aromatic N) is 2. The summed E-state index contributed by atoms with van der Waals surface area (Å²) in [5, 5.41) is 2.96. The minimum Gasteiger partial charge on any atom is -0.497 e. The SMILES string of the molecule is COc1ccc(OCCCC(=O)Nc2cccc(-c3cn4cc(C)ccc4n3)c2)cc1. The lowest BCUT2D eigenvalue weighted by Gasteiger charge is -2.08. The standard InChI is InChI=1S/C25H25N3O3/c1-18-8-13-24-27-23(17-28(24)16-18)19-5-3-6-20(15-19)26-25(29)7-4-14-31-22-11-9-21(30-2)10-12-22/h3,5-6,8-13,15-17H,4,7,14H2,1-2H3,(H,26,29). The summed E-state index contributed by atoms with van der Waals surface area (Å²) in [4.78, 5) is 17.0. The first-order chi connectivity index (χ1) is 15.1. The number of pyridine rings is 1. The van der Waals surface area contributed by atoms with Crippen molar-refractivity contribution in [3.05, 3.63) is 78.6 Å². The van der Waals surface area contributed by atoms with Crippen LogP contribution in [0.15, 0.2) is 73.1 Å². The van der Waals surface area contributed by atoms with Gasteiger partial charge in [-0.1, -0.05) is 18.2 Å². The van der Waals surface area contributed by atoms with E-state index in [1.807, 2.05) is 77.5 Å². The van der Waals surface area contributed by atoms with E-state index in [2.05, 4.69) is 17.2 Å². The third-order valence-corrected chi connectivity index (χ3v) is 4.92. The highest BCUT2D eigenvalue weighted by molar-refractivity contribution is 5.91. The molecular formula is C25H25N3O3. The number of amides is 1. The molecule has 0 bridgehead atoms. The van der Waals surface area contributed by atoms with E-state index >= 15 is 0 Å². The largest absolute Gasteiger partial charge is 0.497 e. The Morgan fingerprint density at radius 2 is 1.84 bits per heavy atom. The molecule has 0 aliphatic heterocycles. The van der Waals surface area contributed by atoms with Crippen molar-refractivity contribution in [1.82, 2.24) is 9.38 Å². The molecule has 2 aromatic heterocycles. The summed E-state index contributed by atoms with van der Waals surface area (Å²) in [7, 11) is 1.63. The average molecular weight is 415 g/mol. The van der Waals surface area contributed by atoms with Crippen LogP contribution in [0.2, 0.25) is 0 Å². The molecule has 0 aliphatic carbocycles. The molecule has 0 fully saturated rings. The van der Waals surface area contributed by atoms with Crippen molar-refractivity contribution < 1.29 is 14.3 Å². The highest BCUT2D eigenvalue weighted by Crippen LogP contribution is 2.23. The maximum Gasteiger partial charge on any atom is 0.224 e. The second kappa shape index (κ2) is 9.34. The van der Waals surface area contributed by atoms with Crippen LogP contribution in [0.4, 0.5) is 5.69 Å². The highest BCUT2D eigenvalue weighted by Gasteiger charge is 2.08. The maximum absolute atomic E-state index is 12.3. The monoisotopic (exact) mass is 415 g/mol. The predicted octanol–water partition coefficient (Wildman–Crippen LogP) is 5.12. The molecule has 0 radical (unpaired) electrons. The van der Waals surface area contributed by atoms with Crippen LogP contribution in [0.3, 0.4) is 0 Å². The van der Waals surface area contributed by atoms with E-state index in [0.29, 0.717) is 19.4 Å². The van der Waals surface area contributed by atoms with Gasteiger partial charge in [0.1, 0.15) is 17.1 Å². The van der Waals surface area contributed by atoms with Crippen molar-refractivity contribution in [2.45, 2.75) is 19.8 Å². The van der Waals surface area contributed by atoms with Crippen molar-refractivity contribution in [3.8, 4) is 22.8 Å². The summed E-state index contributed by atoms with van der Waals surface area (Å²) in [6.07, 6.45) is 5.06. The van der Waals surface area contributed by atoms with Gasteiger partial charge in [0.2, 0.25) is 5.91 Å². The Balaban J connectivity index is 1.31. The van der Waals surface area contributed by atoms with Crippen LogP contribution >= 0.6 is 0 Å². The third-order valence-electron chi connectivity index (χ3n) is 4.92. The number of benzene rings is 2. The molecule has 2 heterocycles. The fourth-order valence-electron chi connectivity index (χ4n) is 3.32. The number of rotatable bonds is 8. The Kier molecular flexibility index (Phi) is 6.17. The lowest BCUT2D eigenvalue weighted by molar-refractivity contribution is -0.116. The number of methoxy groups -OCH3 is 1. The molecule has 0 aliphatic rings. The average Bonchev–Trinajstić information content (AvgIpc) is 3.20. The van der Waals surface area contributed by atoms with Gasteiger partial charge in [0.15, 0.2) is 0 Å². The van der Waals surface area contributed by atoms with Gasteiger partial charge >= 0.3 is 0 Å². The second-order valence-electron chi connectivity index (χ2n) is 7.35. The number of hydrogen-bond donors (Lipinski definition) is 1. The molecule has 1 amide bonds. The molecule has 0 spiro atoms. The number of carbonyl (C=O) groups is 1. The lowest BCUT2D eigenvalue weighted by atomic mass is 10.1. The molecule has 6 nitrogen and oxygen atoms in total. The normalized spacial score (nSPS) is 10.8. The fourth-order valence-corrected chi connectivity index (χ4v) is 3.32. The number of nitrogens with one attached hydrogen (secondary N) is 1. The zero-order valence-electron chi connectivity index (χ0n) is 17.7. The zero-order valence-corrected chi connectivity index (χ0v) is 17.7. The van der Waals surface area contributed by atoms with Gasteiger partial charge < -0.3 is 19.2 Å². The van der Waals surface area contributed by atoms with Crippen molar-refractivity contribution in [2.75, 3.05) is 19.0 Å². The summed E-state index contributed by atoms with van der Waals surface area (Å²) in [5.74, 6) is 1.50. The van der Waals surface area contributed by atoms with Crippen molar-refractivity contribution >= 4 is 17.2 Å². The van der Waals surface area contributed by atoms with E-state index in [9.17, 15) is 4.79 Å². The molecular weight excluding hydrogens is 390 g/mol. The minimum absolute atomic E-state index is 0.0406. The van der Waals surface area contributed by atoms with Gasteiger partial charge in [-0.15, -0.1) is 0 Å². The quantitative estimate of drug-likeness (QED) is 0.406. The molecule has 4 aromatic rings. The Morgan fingerprint density at radius 3 is 2.65 bits per heavy atom. The van der Waals surface area contributed by atoms with Crippen LogP contribution in [0.25, 0.3) is 16.9 Å². The third kappa shape index (κ3) is 5.22. The minimum atomic E-state index is -0.0406. The molecule has 158 valence electrons. The van der Waals surface area contributed by atoms with Crippen LogP contribution in [0, 0.1) is 6.92 Å². The maximum atomic E-state index is 12.3. The number of hydrogen-bond acceptors (Lipinski definition) is 4. The molecule has 0 saturated heterocycles. The zero-order chi connectivity index (χ0) is 21.6. The van der Waals surface area contributed by atoms with E-state index in [1.54, 1.807) is 7.11 Å². The van der Waals surface area contributed by atoms with Crippen LogP contribution in [0.1, 0.15) is 18.4 Å². The predicted molar refractivity (Wildman–Crippen MR) is 122 cm³/mol. The lowest BCUT2D eigenvalue weighted by Crippen LogP contribution is -2.12. The van der Waals surface area contributed by atoms with E-state index < -0.39 is 0 Å². The summed E-state index contributed by atoms with van der Waals surface area (Å²) in [5.41, 5.74) is 4.66. The van der Waals surface area contributed by atoms with Gasteiger partial charge in [-0.05, 0) is 61.4 Å². The second-order valence-corrected chi connectivity index (χ2v) is 7.35. The molecule has 6 heteroatoms. The molecule has 0 unspecified atom stereocenters. The van der Waals surface area contributed by atoms with Crippen molar-refractivity contribution in [2.24, 2.45) is 0 Å². The van der Waals surface area contributed by atoms with Crippen LogP contribution in [0.5, 0.6) is 11.5 Å². The van der Waals surface area contributed by atoms with Gasteiger partial charge in [-0.3, -0.25) is 4.79 Å². The topological polar surface area (TPSA) is 64.9 Å². The summed E-state index contributed by atoms with van der Waals surface area (Å²) >= 11 is 0. The van der Waals surface area contributed by atoms with Crippen molar-refractivity contribution in [1.29, 1.82) is 0 Å².